The normalized spacial score (nSPS) is 19.6. The molecule has 1 aromatic heterocycles. The molecule has 7 heteroatoms. The summed E-state index contributed by atoms with van der Waals surface area (Å²) in [5, 5.41) is 12.0. The van der Waals surface area contributed by atoms with E-state index in [1.807, 2.05) is 32.0 Å². The minimum absolute atomic E-state index is 0.145. The lowest BCUT2D eigenvalue weighted by molar-refractivity contribution is -0.178. The van der Waals surface area contributed by atoms with Crippen LogP contribution < -0.4 is 5.48 Å². The van der Waals surface area contributed by atoms with Gasteiger partial charge in [-0.2, -0.15) is 0 Å². The molecule has 0 spiro atoms. The minimum atomic E-state index is -1.86. The van der Waals surface area contributed by atoms with Crippen LogP contribution in [0.4, 0.5) is 0 Å². The van der Waals surface area contributed by atoms with Gasteiger partial charge in [-0.1, -0.05) is 31.9 Å². The SMILES string of the molecule is CCCCCC1(O)OC(=O)C(C(=O)NOC)=C1c1cc2ccc(C)cc2[nH]1. The number of aromatic nitrogens is 1. The van der Waals surface area contributed by atoms with E-state index in [1.54, 1.807) is 6.07 Å². The maximum Gasteiger partial charge on any atom is 0.347 e. The van der Waals surface area contributed by atoms with Crippen LogP contribution in [0, 0.1) is 6.92 Å². The standard InChI is InChI=1S/C20H24N2O5/c1-4-5-6-9-20(25)17(16(19(24)27-20)18(23)22-26-3)15-11-13-8-7-12(2)10-14(13)21-15/h7-8,10-11,21,25H,4-6,9H2,1-3H3,(H,22,23). The maximum atomic E-state index is 12.4. The van der Waals surface area contributed by atoms with E-state index in [2.05, 4.69) is 15.3 Å². The van der Waals surface area contributed by atoms with Crippen LogP contribution >= 0.6 is 0 Å². The third-order valence-corrected chi connectivity index (χ3v) is 4.69. The van der Waals surface area contributed by atoms with Gasteiger partial charge in [-0.15, -0.1) is 0 Å². The number of carbonyl (C=O) groups is 2. The summed E-state index contributed by atoms with van der Waals surface area (Å²) in [6.45, 7) is 4.01. The average Bonchev–Trinajstić information content (AvgIpc) is 3.12. The Bertz CT molecular complexity index is 914. The molecule has 1 aromatic carbocycles. The van der Waals surface area contributed by atoms with Crippen LogP contribution in [0.1, 0.15) is 43.9 Å². The summed E-state index contributed by atoms with van der Waals surface area (Å²) in [5.74, 6) is -3.48. The fourth-order valence-corrected chi connectivity index (χ4v) is 3.41. The number of amides is 1. The van der Waals surface area contributed by atoms with Crippen LogP contribution in [0.25, 0.3) is 16.5 Å². The number of H-pyrrole nitrogens is 1. The van der Waals surface area contributed by atoms with Gasteiger partial charge in [0.2, 0.25) is 5.79 Å². The van der Waals surface area contributed by atoms with Gasteiger partial charge in [-0.25, -0.2) is 10.3 Å². The van der Waals surface area contributed by atoms with Crippen molar-refractivity contribution in [1.82, 2.24) is 10.5 Å². The van der Waals surface area contributed by atoms with Crippen molar-refractivity contribution >= 4 is 28.4 Å². The smallest absolute Gasteiger partial charge is 0.347 e. The molecule has 2 aromatic rings. The number of cyclic esters (lactones) is 1. The van der Waals surface area contributed by atoms with E-state index in [-0.39, 0.29) is 17.6 Å². The lowest BCUT2D eigenvalue weighted by Crippen LogP contribution is -2.31. The van der Waals surface area contributed by atoms with Gasteiger partial charge in [0.25, 0.3) is 5.91 Å². The number of esters is 1. The van der Waals surface area contributed by atoms with Gasteiger partial charge in [0, 0.05) is 17.3 Å². The Morgan fingerprint density at radius 1 is 1.33 bits per heavy atom. The fraction of sp³-hybridized carbons (Fsp3) is 0.400. The van der Waals surface area contributed by atoms with Gasteiger partial charge in [-0.3, -0.25) is 9.63 Å². The number of hydroxylamine groups is 1. The largest absolute Gasteiger partial charge is 0.425 e. The molecule has 3 rings (SSSR count). The van der Waals surface area contributed by atoms with E-state index in [4.69, 9.17) is 4.74 Å². The van der Waals surface area contributed by atoms with Crippen molar-refractivity contribution < 1.29 is 24.3 Å². The third-order valence-electron chi connectivity index (χ3n) is 4.69. The lowest BCUT2D eigenvalue weighted by Gasteiger charge is -2.24. The highest BCUT2D eigenvalue weighted by Crippen LogP contribution is 2.42. The van der Waals surface area contributed by atoms with Crippen molar-refractivity contribution in [3.63, 3.8) is 0 Å². The van der Waals surface area contributed by atoms with Gasteiger partial charge in [0.1, 0.15) is 5.57 Å². The predicted molar refractivity (Wildman–Crippen MR) is 100 cm³/mol. The number of hydrogen-bond acceptors (Lipinski definition) is 5. The Balaban J connectivity index is 2.13. The summed E-state index contributed by atoms with van der Waals surface area (Å²) in [6, 6.07) is 7.67. The number of fused-ring (bicyclic) bond motifs is 1. The number of hydrogen-bond donors (Lipinski definition) is 3. The Morgan fingerprint density at radius 3 is 2.81 bits per heavy atom. The summed E-state index contributed by atoms with van der Waals surface area (Å²) in [4.78, 5) is 32.7. The van der Waals surface area contributed by atoms with Crippen molar-refractivity contribution in [2.75, 3.05) is 7.11 Å². The van der Waals surface area contributed by atoms with Crippen LogP contribution in [0.15, 0.2) is 29.8 Å². The van der Waals surface area contributed by atoms with Crippen LogP contribution in [-0.4, -0.2) is 34.9 Å². The second-order valence-electron chi connectivity index (χ2n) is 6.79. The molecule has 0 saturated carbocycles. The summed E-state index contributed by atoms with van der Waals surface area (Å²) >= 11 is 0. The number of aryl methyl sites for hydroxylation is 1. The molecular weight excluding hydrogens is 348 g/mol. The molecule has 0 fully saturated rings. The number of aromatic amines is 1. The zero-order valence-electron chi connectivity index (χ0n) is 15.7. The summed E-state index contributed by atoms with van der Waals surface area (Å²) in [5.41, 5.74) is 4.43. The number of nitrogens with one attached hydrogen (secondary N) is 2. The van der Waals surface area contributed by atoms with Crippen molar-refractivity contribution in [1.29, 1.82) is 0 Å². The maximum absolute atomic E-state index is 12.4. The lowest BCUT2D eigenvalue weighted by atomic mass is 9.94. The summed E-state index contributed by atoms with van der Waals surface area (Å²) in [7, 11) is 1.28. The predicted octanol–water partition coefficient (Wildman–Crippen LogP) is 2.73. The van der Waals surface area contributed by atoms with Crippen LogP contribution in [0.5, 0.6) is 0 Å². The molecule has 144 valence electrons. The number of benzene rings is 1. The quantitative estimate of drug-likeness (QED) is 0.300. The van der Waals surface area contributed by atoms with Gasteiger partial charge >= 0.3 is 5.97 Å². The molecule has 0 bridgehead atoms. The molecular formula is C20H24N2O5. The van der Waals surface area contributed by atoms with Crippen molar-refractivity contribution in [3.8, 4) is 0 Å². The van der Waals surface area contributed by atoms with E-state index in [1.165, 1.54) is 7.11 Å². The van der Waals surface area contributed by atoms with Gasteiger partial charge in [0.05, 0.1) is 18.4 Å². The average molecular weight is 372 g/mol. The summed E-state index contributed by atoms with van der Waals surface area (Å²) in [6.07, 6.45) is 2.69. The molecule has 3 N–H and O–H groups in total. The molecule has 1 amide bonds. The molecule has 2 heterocycles. The van der Waals surface area contributed by atoms with Crippen LogP contribution in [0.2, 0.25) is 0 Å². The molecule has 1 aliphatic heterocycles. The monoisotopic (exact) mass is 372 g/mol. The first-order chi connectivity index (χ1) is 12.9. The Kier molecular flexibility index (Phi) is 5.34. The first-order valence-corrected chi connectivity index (χ1v) is 9.03. The second kappa shape index (κ2) is 7.54. The number of carbonyl (C=O) groups excluding carboxylic acids is 2. The molecule has 7 nitrogen and oxygen atoms in total. The number of ether oxygens (including phenoxy) is 1. The van der Waals surface area contributed by atoms with Crippen LogP contribution in [0.3, 0.4) is 0 Å². The molecule has 0 aliphatic carbocycles. The Labute approximate surface area is 157 Å². The van der Waals surface area contributed by atoms with E-state index < -0.39 is 17.7 Å². The molecule has 1 aliphatic rings. The van der Waals surface area contributed by atoms with E-state index in [0.717, 1.165) is 29.3 Å². The Morgan fingerprint density at radius 2 is 2.11 bits per heavy atom. The van der Waals surface area contributed by atoms with Crippen molar-refractivity contribution in [2.45, 2.75) is 45.3 Å². The zero-order valence-corrected chi connectivity index (χ0v) is 15.7. The third kappa shape index (κ3) is 3.61. The molecule has 0 saturated heterocycles. The highest BCUT2D eigenvalue weighted by atomic mass is 16.7. The first kappa shape index (κ1) is 19.1. The molecule has 27 heavy (non-hydrogen) atoms. The Hall–Kier alpha value is -2.64. The van der Waals surface area contributed by atoms with E-state index >= 15 is 0 Å². The zero-order chi connectivity index (χ0) is 19.6. The number of rotatable bonds is 7. The molecule has 1 unspecified atom stereocenters. The van der Waals surface area contributed by atoms with Gasteiger partial charge in [0.15, 0.2) is 0 Å². The van der Waals surface area contributed by atoms with Crippen LogP contribution in [-0.2, 0) is 19.2 Å². The fourth-order valence-electron chi connectivity index (χ4n) is 3.41. The van der Waals surface area contributed by atoms with Crippen molar-refractivity contribution in [3.05, 3.63) is 41.1 Å². The number of unbranched alkanes of at least 4 members (excludes halogenated alkanes) is 2. The highest BCUT2D eigenvalue weighted by molar-refractivity contribution is 6.24. The number of aliphatic hydroxyl groups is 1. The van der Waals surface area contributed by atoms with E-state index in [0.29, 0.717) is 12.1 Å². The first-order valence-electron chi connectivity index (χ1n) is 9.03. The highest BCUT2D eigenvalue weighted by Gasteiger charge is 2.49. The second-order valence-corrected chi connectivity index (χ2v) is 6.79. The molecule has 0 radical (unpaired) electrons. The van der Waals surface area contributed by atoms with Crippen molar-refractivity contribution in [2.24, 2.45) is 0 Å². The minimum Gasteiger partial charge on any atom is -0.425 e. The van der Waals surface area contributed by atoms with Gasteiger partial charge < -0.3 is 14.8 Å². The topological polar surface area (TPSA) is 101 Å². The summed E-state index contributed by atoms with van der Waals surface area (Å²) < 4.78 is 5.27. The van der Waals surface area contributed by atoms with Gasteiger partial charge in [-0.05, 0) is 31.0 Å². The molecule has 1 atom stereocenters. The van der Waals surface area contributed by atoms with E-state index in [9.17, 15) is 14.7 Å².